The summed E-state index contributed by atoms with van der Waals surface area (Å²) in [5.74, 6) is 1.94. The van der Waals surface area contributed by atoms with Crippen LogP contribution in [0.2, 0.25) is 0 Å². The fourth-order valence-corrected chi connectivity index (χ4v) is 2.89. The zero-order chi connectivity index (χ0) is 20.5. The van der Waals surface area contributed by atoms with Crippen molar-refractivity contribution >= 4 is 11.7 Å². The summed E-state index contributed by atoms with van der Waals surface area (Å²) in [4.78, 5) is 12.3. The van der Waals surface area contributed by atoms with E-state index in [2.05, 4.69) is 20.8 Å². The number of amides is 1. The highest BCUT2D eigenvalue weighted by atomic mass is 16.5. The van der Waals surface area contributed by atoms with Crippen molar-refractivity contribution in [3.63, 3.8) is 0 Å². The number of ether oxygens (including phenoxy) is 2. The third kappa shape index (κ3) is 5.44. The van der Waals surface area contributed by atoms with Crippen molar-refractivity contribution in [3.8, 4) is 11.5 Å². The molecule has 0 aliphatic carbocycles. The first kappa shape index (κ1) is 20.1. The van der Waals surface area contributed by atoms with Gasteiger partial charge in [-0.25, -0.2) is 0 Å². The molecule has 1 amide bonds. The molecule has 2 aromatic carbocycles. The van der Waals surface area contributed by atoms with Gasteiger partial charge in [-0.05, 0) is 36.2 Å². The van der Waals surface area contributed by atoms with Crippen LogP contribution < -0.4 is 20.1 Å². The van der Waals surface area contributed by atoms with Crippen molar-refractivity contribution in [2.75, 3.05) is 26.1 Å². The van der Waals surface area contributed by atoms with Crippen LogP contribution in [0.1, 0.15) is 21.6 Å². The van der Waals surface area contributed by atoms with E-state index in [4.69, 9.17) is 9.47 Å². The monoisotopic (exact) mass is 392 g/mol. The second-order valence-electron chi connectivity index (χ2n) is 6.29. The molecule has 29 heavy (non-hydrogen) atoms. The van der Waals surface area contributed by atoms with Crippen molar-refractivity contribution < 1.29 is 14.3 Å². The van der Waals surface area contributed by atoms with Gasteiger partial charge in [0.2, 0.25) is 0 Å². The second kappa shape index (κ2) is 10.1. The van der Waals surface area contributed by atoms with Gasteiger partial charge in [0.1, 0.15) is 17.3 Å². The highest BCUT2D eigenvalue weighted by Crippen LogP contribution is 2.19. The zero-order valence-electron chi connectivity index (χ0n) is 16.5. The minimum absolute atomic E-state index is 0.260. The molecule has 1 aromatic heterocycles. The van der Waals surface area contributed by atoms with Gasteiger partial charge < -0.3 is 20.1 Å². The van der Waals surface area contributed by atoms with E-state index in [1.165, 1.54) is 0 Å². The summed E-state index contributed by atoms with van der Waals surface area (Å²) in [5, 5.41) is 14.1. The molecule has 1 heterocycles. The van der Waals surface area contributed by atoms with Gasteiger partial charge in [0.15, 0.2) is 5.69 Å². The molecular weight excluding hydrogens is 368 g/mol. The van der Waals surface area contributed by atoms with Gasteiger partial charge in [0, 0.05) is 18.7 Å². The smallest absolute Gasteiger partial charge is 0.271 e. The van der Waals surface area contributed by atoms with E-state index in [-0.39, 0.29) is 11.6 Å². The molecule has 0 fully saturated rings. The van der Waals surface area contributed by atoms with E-state index in [1.54, 1.807) is 26.4 Å². The van der Waals surface area contributed by atoms with Gasteiger partial charge in [-0.2, -0.15) is 0 Å². The van der Waals surface area contributed by atoms with E-state index in [0.717, 1.165) is 22.6 Å². The molecule has 2 N–H and O–H groups in total. The summed E-state index contributed by atoms with van der Waals surface area (Å²) in [7, 11) is 3.27. The molecule has 0 spiro atoms. The summed E-state index contributed by atoms with van der Waals surface area (Å²) >= 11 is 0. The average Bonchev–Trinajstić information content (AvgIpc) is 2.78. The Kier molecular flexibility index (Phi) is 7.00. The predicted octanol–water partition coefficient (Wildman–Crippen LogP) is 3.08. The van der Waals surface area contributed by atoms with Gasteiger partial charge in [-0.1, -0.05) is 36.4 Å². The van der Waals surface area contributed by atoms with Crippen LogP contribution >= 0.6 is 0 Å². The average molecular weight is 392 g/mol. The first-order valence-corrected chi connectivity index (χ1v) is 9.31. The molecule has 0 saturated carbocycles. The molecule has 7 nitrogen and oxygen atoms in total. The highest BCUT2D eigenvalue weighted by Gasteiger charge is 2.09. The maximum absolute atomic E-state index is 12.3. The van der Waals surface area contributed by atoms with Crippen molar-refractivity contribution in [3.05, 3.63) is 77.5 Å². The van der Waals surface area contributed by atoms with Gasteiger partial charge in [0.05, 0.1) is 14.2 Å². The standard InChI is InChI=1S/C22H24N4O3/c1-28-19-9-5-3-7-16(19)13-14-23-22(27)18-11-12-21(26-25-18)24-15-17-8-4-6-10-20(17)29-2/h3-12H,13-15H2,1-2H3,(H,23,27)(H,24,26). The number of rotatable bonds is 9. The summed E-state index contributed by atoms with van der Waals surface area (Å²) in [6.07, 6.45) is 0.668. The van der Waals surface area contributed by atoms with Crippen LogP contribution in [0.3, 0.4) is 0 Å². The SMILES string of the molecule is COc1ccccc1CCNC(=O)c1ccc(NCc2ccccc2OC)nn1. The fourth-order valence-electron chi connectivity index (χ4n) is 2.89. The maximum Gasteiger partial charge on any atom is 0.271 e. The van der Waals surface area contributed by atoms with Crippen LogP contribution in [0, 0.1) is 0 Å². The highest BCUT2D eigenvalue weighted by molar-refractivity contribution is 5.92. The molecule has 0 unspecified atom stereocenters. The lowest BCUT2D eigenvalue weighted by atomic mass is 10.1. The number of hydrogen-bond acceptors (Lipinski definition) is 6. The molecule has 0 aliphatic rings. The van der Waals surface area contributed by atoms with Crippen molar-refractivity contribution in [1.29, 1.82) is 0 Å². The molecule has 0 saturated heterocycles. The first-order valence-electron chi connectivity index (χ1n) is 9.31. The van der Waals surface area contributed by atoms with Crippen LogP contribution in [0.25, 0.3) is 0 Å². The lowest BCUT2D eigenvalue weighted by Gasteiger charge is -2.10. The van der Waals surface area contributed by atoms with E-state index in [1.807, 2.05) is 48.5 Å². The Labute approximate surface area is 170 Å². The van der Waals surface area contributed by atoms with Gasteiger partial charge in [-0.3, -0.25) is 4.79 Å². The number of methoxy groups -OCH3 is 2. The fraction of sp³-hybridized carbons (Fsp3) is 0.227. The Morgan fingerprint density at radius 3 is 2.17 bits per heavy atom. The van der Waals surface area contributed by atoms with E-state index < -0.39 is 0 Å². The zero-order valence-corrected chi connectivity index (χ0v) is 16.5. The van der Waals surface area contributed by atoms with Crippen molar-refractivity contribution in [2.45, 2.75) is 13.0 Å². The van der Waals surface area contributed by atoms with Gasteiger partial charge in [-0.15, -0.1) is 10.2 Å². The Balaban J connectivity index is 1.51. The third-order valence-electron chi connectivity index (χ3n) is 4.42. The first-order chi connectivity index (χ1) is 14.2. The molecular formula is C22H24N4O3. The quantitative estimate of drug-likeness (QED) is 0.582. The Morgan fingerprint density at radius 1 is 0.862 bits per heavy atom. The minimum atomic E-state index is -0.260. The largest absolute Gasteiger partial charge is 0.496 e. The number of carbonyl (C=O) groups is 1. The number of anilines is 1. The number of benzene rings is 2. The van der Waals surface area contributed by atoms with E-state index >= 15 is 0 Å². The summed E-state index contributed by atoms with van der Waals surface area (Å²) < 4.78 is 10.7. The maximum atomic E-state index is 12.3. The van der Waals surface area contributed by atoms with Crippen LogP contribution in [0.4, 0.5) is 5.82 Å². The van der Waals surface area contributed by atoms with E-state index in [9.17, 15) is 4.79 Å². The van der Waals surface area contributed by atoms with Crippen molar-refractivity contribution in [1.82, 2.24) is 15.5 Å². The Hall–Kier alpha value is -3.61. The summed E-state index contributed by atoms with van der Waals surface area (Å²) in [6, 6.07) is 18.9. The van der Waals surface area contributed by atoms with Crippen molar-refractivity contribution in [2.24, 2.45) is 0 Å². The lowest BCUT2D eigenvalue weighted by molar-refractivity contribution is 0.0948. The second-order valence-corrected chi connectivity index (χ2v) is 6.29. The number of aromatic nitrogens is 2. The van der Waals surface area contributed by atoms with Crippen LogP contribution in [-0.4, -0.2) is 36.9 Å². The molecule has 0 atom stereocenters. The van der Waals surface area contributed by atoms with E-state index in [0.29, 0.717) is 25.3 Å². The molecule has 0 aliphatic heterocycles. The number of hydrogen-bond donors (Lipinski definition) is 2. The Morgan fingerprint density at radius 2 is 1.52 bits per heavy atom. The Bertz CT molecular complexity index is 945. The molecule has 7 heteroatoms. The normalized spacial score (nSPS) is 10.3. The molecule has 0 bridgehead atoms. The number of para-hydroxylation sites is 2. The third-order valence-corrected chi connectivity index (χ3v) is 4.42. The van der Waals surface area contributed by atoms with Gasteiger partial charge in [0.25, 0.3) is 5.91 Å². The number of carbonyl (C=O) groups excluding carboxylic acids is 1. The molecule has 150 valence electrons. The topological polar surface area (TPSA) is 85.4 Å². The molecule has 3 rings (SSSR count). The number of nitrogens with zero attached hydrogens (tertiary/aromatic N) is 2. The summed E-state index contributed by atoms with van der Waals surface area (Å²) in [6.45, 7) is 1.03. The van der Waals surface area contributed by atoms with Crippen LogP contribution in [0.15, 0.2) is 60.7 Å². The molecule has 0 radical (unpaired) electrons. The predicted molar refractivity (Wildman–Crippen MR) is 111 cm³/mol. The van der Waals surface area contributed by atoms with Crippen LogP contribution in [0.5, 0.6) is 11.5 Å². The van der Waals surface area contributed by atoms with Crippen LogP contribution in [-0.2, 0) is 13.0 Å². The van der Waals surface area contributed by atoms with Gasteiger partial charge >= 0.3 is 0 Å². The number of nitrogens with one attached hydrogen (secondary N) is 2. The lowest BCUT2D eigenvalue weighted by Crippen LogP contribution is -2.27. The minimum Gasteiger partial charge on any atom is -0.496 e. The molecule has 3 aromatic rings. The summed E-state index contributed by atoms with van der Waals surface area (Å²) in [5.41, 5.74) is 2.32.